The van der Waals surface area contributed by atoms with Crippen molar-refractivity contribution in [3.05, 3.63) is 30.1 Å². The summed E-state index contributed by atoms with van der Waals surface area (Å²) in [6, 6.07) is 4.10. The molecule has 0 radical (unpaired) electrons. The summed E-state index contributed by atoms with van der Waals surface area (Å²) in [5, 5.41) is 0. The number of carbonyl (C=O) groups is 2. The van der Waals surface area contributed by atoms with Gasteiger partial charge in [-0.05, 0) is 44.9 Å². The highest BCUT2D eigenvalue weighted by Gasteiger charge is 2.35. The fraction of sp³-hybridized carbons (Fsp3) is 0.556. The van der Waals surface area contributed by atoms with E-state index in [-0.39, 0.29) is 23.5 Å². The number of sulfonamides is 1. The number of benzene rings is 1. The number of esters is 1. The highest BCUT2D eigenvalue weighted by atomic mass is 32.2. The predicted octanol–water partition coefficient (Wildman–Crippen LogP) is 1.78. The first-order chi connectivity index (χ1) is 12.6. The monoisotopic (exact) mass is 400 g/mol. The van der Waals surface area contributed by atoms with Gasteiger partial charge < -0.3 is 9.64 Å². The van der Waals surface area contributed by atoms with Gasteiger partial charge in [-0.2, -0.15) is 0 Å². The summed E-state index contributed by atoms with van der Waals surface area (Å²) in [6.45, 7) is 4.21. The lowest BCUT2D eigenvalue weighted by atomic mass is 9.96. The minimum Gasteiger partial charge on any atom is -0.466 e. The van der Waals surface area contributed by atoms with Crippen molar-refractivity contribution in [2.24, 2.45) is 5.92 Å². The molecule has 0 saturated carbocycles. The zero-order chi connectivity index (χ0) is 20.2. The molecule has 27 heavy (non-hydrogen) atoms. The van der Waals surface area contributed by atoms with Gasteiger partial charge >= 0.3 is 5.97 Å². The molecule has 0 bridgehead atoms. The maximum Gasteiger partial charge on any atom is 0.309 e. The van der Waals surface area contributed by atoms with Crippen molar-refractivity contribution < 1.29 is 27.1 Å². The second kappa shape index (κ2) is 8.69. The number of carbonyl (C=O) groups excluding carboxylic acids is 2. The van der Waals surface area contributed by atoms with E-state index in [0.29, 0.717) is 32.5 Å². The van der Waals surface area contributed by atoms with Gasteiger partial charge in [0.25, 0.3) is 0 Å². The third-order valence-electron chi connectivity index (χ3n) is 4.56. The lowest BCUT2D eigenvalue weighted by molar-refractivity contribution is -0.151. The number of amides is 1. The quantitative estimate of drug-likeness (QED) is 0.680. The molecule has 7 nitrogen and oxygen atoms in total. The van der Waals surface area contributed by atoms with Gasteiger partial charge in [-0.3, -0.25) is 13.9 Å². The lowest BCUT2D eigenvalue weighted by Crippen LogP contribution is -2.51. The van der Waals surface area contributed by atoms with Crippen LogP contribution in [0, 0.1) is 11.7 Å². The SMILES string of the molecule is CCOC(=O)C1CCN(C(=O)[C@@H](C)N(c2cccc(F)c2)S(C)(=O)=O)CC1. The van der Waals surface area contributed by atoms with E-state index in [1.165, 1.54) is 30.0 Å². The van der Waals surface area contributed by atoms with E-state index < -0.39 is 21.9 Å². The van der Waals surface area contributed by atoms with Crippen LogP contribution < -0.4 is 4.31 Å². The van der Waals surface area contributed by atoms with Crippen LogP contribution in [0.5, 0.6) is 0 Å². The van der Waals surface area contributed by atoms with Crippen LogP contribution in [0.1, 0.15) is 26.7 Å². The molecule has 2 rings (SSSR count). The van der Waals surface area contributed by atoms with Crippen molar-refractivity contribution in [1.82, 2.24) is 4.90 Å². The number of hydrogen-bond acceptors (Lipinski definition) is 5. The molecule has 0 unspecified atom stereocenters. The first kappa shape index (κ1) is 21.1. The minimum atomic E-state index is -3.80. The molecule has 1 aromatic carbocycles. The summed E-state index contributed by atoms with van der Waals surface area (Å²) >= 11 is 0. The molecule has 1 amide bonds. The van der Waals surface area contributed by atoms with Crippen LogP contribution in [-0.2, 0) is 24.3 Å². The van der Waals surface area contributed by atoms with Crippen LogP contribution in [0.25, 0.3) is 0 Å². The summed E-state index contributed by atoms with van der Waals surface area (Å²) in [7, 11) is -3.80. The third kappa shape index (κ3) is 5.18. The van der Waals surface area contributed by atoms with E-state index in [1.54, 1.807) is 6.92 Å². The molecule has 1 aliphatic heterocycles. The molecule has 0 aromatic heterocycles. The predicted molar refractivity (Wildman–Crippen MR) is 99.1 cm³/mol. The Morgan fingerprint density at radius 1 is 1.33 bits per heavy atom. The second-order valence-electron chi connectivity index (χ2n) is 6.57. The Morgan fingerprint density at radius 2 is 1.96 bits per heavy atom. The van der Waals surface area contributed by atoms with E-state index in [0.717, 1.165) is 16.6 Å². The number of hydrogen-bond donors (Lipinski definition) is 0. The number of likely N-dealkylation sites (tertiary alicyclic amines) is 1. The molecule has 1 saturated heterocycles. The molecule has 1 atom stereocenters. The van der Waals surface area contributed by atoms with E-state index >= 15 is 0 Å². The van der Waals surface area contributed by atoms with Crippen molar-refractivity contribution in [1.29, 1.82) is 0 Å². The van der Waals surface area contributed by atoms with Crippen LogP contribution >= 0.6 is 0 Å². The van der Waals surface area contributed by atoms with Gasteiger partial charge in [0.1, 0.15) is 11.9 Å². The third-order valence-corrected chi connectivity index (χ3v) is 5.80. The van der Waals surface area contributed by atoms with Gasteiger partial charge in [0.15, 0.2) is 0 Å². The topological polar surface area (TPSA) is 84.0 Å². The summed E-state index contributed by atoms with van der Waals surface area (Å²) in [5.74, 6) is -1.49. The molecule has 1 aliphatic rings. The number of anilines is 1. The van der Waals surface area contributed by atoms with Crippen molar-refractivity contribution >= 4 is 27.6 Å². The highest BCUT2D eigenvalue weighted by Crippen LogP contribution is 2.25. The van der Waals surface area contributed by atoms with Gasteiger partial charge in [-0.15, -0.1) is 0 Å². The normalized spacial score (nSPS) is 16.7. The van der Waals surface area contributed by atoms with Gasteiger partial charge in [0.05, 0.1) is 24.5 Å². The average molecular weight is 400 g/mol. The molecule has 9 heteroatoms. The van der Waals surface area contributed by atoms with E-state index in [1.807, 2.05) is 0 Å². The molecule has 150 valence electrons. The number of rotatable bonds is 6. The molecular weight excluding hydrogens is 375 g/mol. The molecular formula is C18H25FN2O5S. The highest BCUT2D eigenvalue weighted by molar-refractivity contribution is 7.92. The van der Waals surface area contributed by atoms with Crippen molar-refractivity contribution in [2.75, 3.05) is 30.3 Å². The van der Waals surface area contributed by atoms with Gasteiger partial charge in [0.2, 0.25) is 15.9 Å². The number of nitrogens with zero attached hydrogens (tertiary/aromatic N) is 2. The van der Waals surface area contributed by atoms with E-state index in [9.17, 15) is 22.4 Å². The first-order valence-electron chi connectivity index (χ1n) is 8.85. The van der Waals surface area contributed by atoms with Crippen molar-refractivity contribution in [2.45, 2.75) is 32.7 Å². The largest absolute Gasteiger partial charge is 0.466 e. The van der Waals surface area contributed by atoms with Crippen molar-refractivity contribution in [3.63, 3.8) is 0 Å². The van der Waals surface area contributed by atoms with E-state index in [4.69, 9.17) is 4.74 Å². The molecule has 0 N–H and O–H groups in total. The first-order valence-corrected chi connectivity index (χ1v) is 10.7. The Morgan fingerprint density at radius 3 is 2.48 bits per heavy atom. The minimum absolute atomic E-state index is 0.0970. The molecule has 1 aromatic rings. The zero-order valence-corrected chi connectivity index (χ0v) is 16.5. The Hall–Kier alpha value is -2.16. The zero-order valence-electron chi connectivity index (χ0n) is 15.7. The number of piperidine rings is 1. The maximum atomic E-state index is 13.6. The Bertz CT molecular complexity index is 791. The smallest absolute Gasteiger partial charge is 0.309 e. The van der Waals surface area contributed by atoms with Gasteiger partial charge in [-0.25, -0.2) is 12.8 Å². The van der Waals surface area contributed by atoms with E-state index in [2.05, 4.69) is 0 Å². The number of ether oxygens (including phenoxy) is 1. The summed E-state index contributed by atoms with van der Waals surface area (Å²) in [4.78, 5) is 26.2. The Labute approximate surface area is 159 Å². The van der Waals surface area contributed by atoms with Crippen LogP contribution in [0.3, 0.4) is 0 Å². The Balaban J connectivity index is 2.13. The fourth-order valence-corrected chi connectivity index (χ4v) is 4.44. The number of halogens is 1. The van der Waals surface area contributed by atoms with Crippen molar-refractivity contribution in [3.8, 4) is 0 Å². The lowest BCUT2D eigenvalue weighted by Gasteiger charge is -2.36. The van der Waals surface area contributed by atoms with Crippen LogP contribution in [0.2, 0.25) is 0 Å². The maximum absolute atomic E-state index is 13.6. The standard InChI is InChI=1S/C18H25FN2O5S/c1-4-26-18(23)14-8-10-20(11-9-14)17(22)13(2)21(27(3,24)25)16-7-5-6-15(19)12-16/h5-7,12-14H,4,8-11H2,1-3H3/t13-/m1/s1. The Kier molecular flexibility index (Phi) is 6.80. The average Bonchev–Trinajstić information content (AvgIpc) is 2.60. The molecule has 1 heterocycles. The van der Waals surface area contributed by atoms with Gasteiger partial charge in [-0.1, -0.05) is 6.07 Å². The van der Waals surface area contributed by atoms with Crippen LogP contribution in [0.15, 0.2) is 24.3 Å². The van der Waals surface area contributed by atoms with Crippen LogP contribution in [-0.4, -0.2) is 57.2 Å². The second-order valence-corrected chi connectivity index (χ2v) is 8.43. The van der Waals surface area contributed by atoms with Crippen LogP contribution in [0.4, 0.5) is 10.1 Å². The molecule has 1 fully saturated rings. The van der Waals surface area contributed by atoms with Gasteiger partial charge in [0, 0.05) is 13.1 Å². The summed E-state index contributed by atoms with van der Waals surface area (Å²) in [5.41, 5.74) is 0.0970. The fourth-order valence-electron chi connectivity index (χ4n) is 3.28. The molecule has 0 spiro atoms. The summed E-state index contributed by atoms with van der Waals surface area (Å²) in [6.07, 6.45) is 1.92. The summed E-state index contributed by atoms with van der Waals surface area (Å²) < 4.78 is 44.0. The molecule has 0 aliphatic carbocycles.